The summed E-state index contributed by atoms with van der Waals surface area (Å²) in [7, 11) is 0. The van der Waals surface area contributed by atoms with E-state index in [2.05, 4.69) is 105 Å². The molecule has 3 aromatic heterocycles. The van der Waals surface area contributed by atoms with E-state index in [-0.39, 0.29) is 0 Å². The number of aromatic nitrogens is 4. The predicted molar refractivity (Wildman–Crippen MR) is 134 cm³/mol. The van der Waals surface area contributed by atoms with Crippen LogP contribution in [0.1, 0.15) is 0 Å². The van der Waals surface area contributed by atoms with Gasteiger partial charge in [0.15, 0.2) is 11.3 Å². The maximum atomic E-state index is 4.80. The molecule has 0 aliphatic rings. The minimum absolute atomic E-state index is 0.663. The molecule has 7 rings (SSSR count). The molecule has 4 heteroatoms. The molecule has 33 heavy (non-hydrogen) atoms. The van der Waals surface area contributed by atoms with Crippen LogP contribution in [0.4, 0.5) is 0 Å². The van der Waals surface area contributed by atoms with E-state index in [0.29, 0.717) is 5.65 Å². The molecule has 0 aliphatic carbocycles. The highest BCUT2D eigenvalue weighted by molar-refractivity contribution is 6.14. The summed E-state index contributed by atoms with van der Waals surface area (Å²) in [5.41, 5.74) is 8.23. The van der Waals surface area contributed by atoms with E-state index in [1.165, 1.54) is 33.0 Å². The molecule has 0 atom stereocenters. The number of hydrogen-bond acceptors (Lipinski definition) is 3. The van der Waals surface area contributed by atoms with Crippen LogP contribution >= 0.6 is 0 Å². The average molecular weight is 422 g/mol. The van der Waals surface area contributed by atoms with Crippen LogP contribution in [-0.2, 0) is 0 Å². The van der Waals surface area contributed by atoms with Crippen molar-refractivity contribution in [3.05, 3.63) is 109 Å². The molecule has 4 aromatic carbocycles. The van der Waals surface area contributed by atoms with Crippen LogP contribution in [0, 0.1) is 0 Å². The molecule has 0 radical (unpaired) electrons. The quantitative estimate of drug-likeness (QED) is 0.284. The predicted octanol–water partition coefficient (Wildman–Crippen LogP) is 6.92. The van der Waals surface area contributed by atoms with Crippen molar-refractivity contribution in [2.24, 2.45) is 0 Å². The van der Waals surface area contributed by atoms with Crippen LogP contribution in [0.2, 0.25) is 0 Å². The summed E-state index contributed by atoms with van der Waals surface area (Å²) in [6.07, 6.45) is 3.41. The fraction of sp³-hybridized carbons (Fsp3) is 0. The average Bonchev–Trinajstić information content (AvgIpc) is 3.29. The first-order chi connectivity index (χ1) is 16.4. The highest BCUT2D eigenvalue weighted by atomic mass is 15.1. The summed E-state index contributed by atoms with van der Waals surface area (Å²) < 4.78 is 2.13. The number of benzene rings is 4. The Labute approximate surface area is 189 Å². The minimum atomic E-state index is 0.663. The van der Waals surface area contributed by atoms with Gasteiger partial charge in [0, 0.05) is 23.2 Å². The molecule has 0 N–H and O–H groups in total. The Morgan fingerprint density at radius 1 is 0.485 bits per heavy atom. The van der Waals surface area contributed by atoms with Crippen LogP contribution in [0.25, 0.3) is 60.9 Å². The van der Waals surface area contributed by atoms with E-state index in [1.807, 2.05) is 6.07 Å². The zero-order chi connectivity index (χ0) is 21.8. The van der Waals surface area contributed by atoms with Crippen molar-refractivity contribution in [2.45, 2.75) is 0 Å². The lowest BCUT2D eigenvalue weighted by molar-refractivity contribution is 1.22. The van der Waals surface area contributed by atoms with Gasteiger partial charge in [-0.05, 0) is 39.8 Å². The molecule has 0 fully saturated rings. The van der Waals surface area contributed by atoms with Crippen LogP contribution in [0.15, 0.2) is 109 Å². The van der Waals surface area contributed by atoms with Gasteiger partial charge in [-0.2, -0.15) is 0 Å². The third kappa shape index (κ3) is 2.74. The lowest BCUT2D eigenvalue weighted by Crippen LogP contribution is -1.93. The highest BCUT2D eigenvalue weighted by Crippen LogP contribution is 2.34. The number of rotatable bonds is 2. The molecular formula is C29H18N4. The number of imidazole rings is 1. The van der Waals surface area contributed by atoms with E-state index < -0.39 is 0 Å². The van der Waals surface area contributed by atoms with Gasteiger partial charge < -0.3 is 0 Å². The lowest BCUT2D eigenvalue weighted by atomic mass is 9.97. The first-order valence-corrected chi connectivity index (χ1v) is 11.0. The largest absolute Gasteiger partial charge is 0.275 e. The first kappa shape index (κ1) is 18.0. The van der Waals surface area contributed by atoms with Gasteiger partial charge >= 0.3 is 0 Å². The van der Waals surface area contributed by atoms with E-state index in [4.69, 9.17) is 4.98 Å². The Balaban J connectivity index is 1.48. The van der Waals surface area contributed by atoms with E-state index in [1.54, 1.807) is 12.4 Å². The highest BCUT2D eigenvalue weighted by Gasteiger charge is 2.15. The molecule has 7 aromatic rings. The Bertz CT molecular complexity index is 1800. The molecule has 0 aliphatic heterocycles. The van der Waals surface area contributed by atoms with Crippen molar-refractivity contribution < 1.29 is 0 Å². The zero-order valence-electron chi connectivity index (χ0n) is 17.7. The van der Waals surface area contributed by atoms with Gasteiger partial charge in [0.2, 0.25) is 0 Å². The molecule has 0 saturated carbocycles. The normalized spacial score (nSPS) is 11.6. The Morgan fingerprint density at radius 3 is 1.94 bits per heavy atom. The number of nitrogens with zero attached hydrogens (tertiary/aromatic N) is 4. The number of hydrogen-bond donors (Lipinski definition) is 0. The monoisotopic (exact) mass is 422 g/mol. The Morgan fingerprint density at radius 2 is 1.12 bits per heavy atom. The summed E-state index contributed by atoms with van der Waals surface area (Å²) in [4.78, 5) is 13.8. The van der Waals surface area contributed by atoms with Gasteiger partial charge in [-0.25, -0.2) is 15.0 Å². The van der Waals surface area contributed by atoms with Crippen LogP contribution in [-0.4, -0.2) is 19.4 Å². The molecular weight excluding hydrogens is 404 g/mol. The molecule has 4 nitrogen and oxygen atoms in total. The molecule has 0 bridgehead atoms. The molecule has 154 valence electrons. The van der Waals surface area contributed by atoms with Crippen LogP contribution in [0.3, 0.4) is 0 Å². The van der Waals surface area contributed by atoms with Gasteiger partial charge in [-0.3, -0.25) is 4.40 Å². The smallest absolute Gasteiger partial charge is 0.198 e. The summed E-state index contributed by atoms with van der Waals surface area (Å²) in [5, 5.41) is 3.45. The molecule has 0 amide bonds. The third-order valence-corrected chi connectivity index (χ3v) is 6.32. The topological polar surface area (TPSA) is 43.1 Å². The molecule has 0 saturated heterocycles. The second-order valence-electron chi connectivity index (χ2n) is 8.20. The van der Waals surface area contributed by atoms with Crippen molar-refractivity contribution in [1.29, 1.82) is 0 Å². The van der Waals surface area contributed by atoms with Gasteiger partial charge in [0.1, 0.15) is 5.65 Å². The number of fused-ring (bicyclic) bond motifs is 8. The Hall–Kier alpha value is -4.57. The maximum absolute atomic E-state index is 4.80. The van der Waals surface area contributed by atoms with Crippen LogP contribution in [0.5, 0.6) is 0 Å². The third-order valence-electron chi connectivity index (χ3n) is 6.32. The van der Waals surface area contributed by atoms with E-state index in [0.717, 1.165) is 22.2 Å². The Kier molecular flexibility index (Phi) is 3.81. The van der Waals surface area contributed by atoms with E-state index in [9.17, 15) is 0 Å². The lowest BCUT2D eigenvalue weighted by Gasteiger charge is -2.11. The van der Waals surface area contributed by atoms with Crippen molar-refractivity contribution in [3.63, 3.8) is 0 Å². The number of pyridine rings is 1. The molecule has 0 unspecified atom stereocenters. The maximum Gasteiger partial charge on any atom is 0.198 e. The van der Waals surface area contributed by atoms with Crippen molar-refractivity contribution in [1.82, 2.24) is 19.4 Å². The molecule has 3 heterocycles. The van der Waals surface area contributed by atoms with Gasteiger partial charge in [0.25, 0.3) is 0 Å². The fourth-order valence-corrected chi connectivity index (χ4v) is 4.74. The van der Waals surface area contributed by atoms with E-state index >= 15 is 0 Å². The second-order valence-corrected chi connectivity index (χ2v) is 8.20. The SMILES string of the molecule is c1ccc(-c2ccc(-c3ccc4c(c3)c3ccccc3c3nc5nccnc5n43)cc2)cc1. The van der Waals surface area contributed by atoms with Gasteiger partial charge in [0.05, 0.1) is 5.52 Å². The first-order valence-electron chi connectivity index (χ1n) is 11.0. The minimum Gasteiger partial charge on any atom is -0.275 e. The standard InChI is InChI=1S/C29H18N4/c1-2-6-19(7-3-1)20-10-12-21(13-11-20)22-14-15-26-25(18-22)23-8-4-5-9-24(23)28-32-27-29(33(26)28)31-17-16-30-27/h1-18H. The second kappa shape index (κ2) is 6.97. The zero-order valence-corrected chi connectivity index (χ0v) is 17.7. The summed E-state index contributed by atoms with van der Waals surface area (Å²) in [5.74, 6) is 0. The van der Waals surface area contributed by atoms with Crippen molar-refractivity contribution in [2.75, 3.05) is 0 Å². The van der Waals surface area contributed by atoms with Crippen molar-refractivity contribution in [3.8, 4) is 22.3 Å². The van der Waals surface area contributed by atoms with Crippen LogP contribution < -0.4 is 0 Å². The summed E-state index contributed by atoms with van der Waals surface area (Å²) >= 11 is 0. The summed E-state index contributed by atoms with van der Waals surface area (Å²) in [6, 6.07) is 34.3. The summed E-state index contributed by atoms with van der Waals surface area (Å²) in [6.45, 7) is 0. The van der Waals surface area contributed by atoms with Gasteiger partial charge in [-0.1, -0.05) is 84.9 Å². The van der Waals surface area contributed by atoms with Crippen molar-refractivity contribution >= 4 is 38.6 Å². The van der Waals surface area contributed by atoms with Gasteiger partial charge in [-0.15, -0.1) is 0 Å². The fourth-order valence-electron chi connectivity index (χ4n) is 4.74. The molecule has 0 spiro atoms.